The van der Waals surface area contributed by atoms with Gasteiger partial charge in [0.25, 0.3) is 5.91 Å². The van der Waals surface area contributed by atoms with Crippen LogP contribution in [0.3, 0.4) is 0 Å². The lowest BCUT2D eigenvalue weighted by Gasteiger charge is -2.09. The number of aryl methyl sites for hydroxylation is 1. The number of aromatic nitrogens is 2. The van der Waals surface area contributed by atoms with Crippen molar-refractivity contribution in [2.75, 3.05) is 24.3 Å². The van der Waals surface area contributed by atoms with Gasteiger partial charge in [-0.1, -0.05) is 30.3 Å². The van der Waals surface area contributed by atoms with E-state index in [2.05, 4.69) is 37.5 Å². The molecular formula is C22H22N4O3. The Bertz CT molecular complexity index is 989. The molecule has 3 aromatic rings. The second-order valence-electron chi connectivity index (χ2n) is 6.40. The van der Waals surface area contributed by atoms with E-state index in [0.29, 0.717) is 29.4 Å². The molecule has 0 saturated heterocycles. The van der Waals surface area contributed by atoms with Crippen LogP contribution in [0.1, 0.15) is 32.1 Å². The van der Waals surface area contributed by atoms with Crippen LogP contribution >= 0.6 is 0 Å². The van der Waals surface area contributed by atoms with Crippen LogP contribution in [-0.2, 0) is 11.2 Å². The highest BCUT2D eigenvalue weighted by Gasteiger charge is 2.12. The number of ether oxygens (including phenoxy) is 1. The van der Waals surface area contributed by atoms with Crippen molar-refractivity contribution in [2.24, 2.45) is 0 Å². The summed E-state index contributed by atoms with van der Waals surface area (Å²) in [6.45, 7) is 2.47. The van der Waals surface area contributed by atoms with Gasteiger partial charge >= 0.3 is 5.97 Å². The summed E-state index contributed by atoms with van der Waals surface area (Å²) in [6.07, 6.45) is 0.826. The summed E-state index contributed by atoms with van der Waals surface area (Å²) in [7, 11) is 1.32. The molecule has 0 fully saturated rings. The van der Waals surface area contributed by atoms with E-state index in [4.69, 9.17) is 0 Å². The molecule has 148 valence electrons. The maximum atomic E-state index is 12.6. The highest BCUT2D eigenvalue weighted by Crippen LogP contribution is 2.13. The first-order valence-electron chi connectivity index (χ1n) is 9.18. The maximum Gasteiger partial charge on any atom is 0.337 e. The van der Waals surface area contributed by atoms with Crippen molar-refractivity contribution in [1.29, 1.82) is 0 Å². The second-order valence-corrected chi connectivity index (χ2v) is 6.40. The average molecular weight is 390 g/mol. The molecule has 0 atom stereocenters. The van der Waals surface area contributed by atoms with Gasteiger partial charge in [-0.05, 0) is 49.2 Å². The summed E-state index contributed by atoms with van der Waals surface area (Å²) in [6, 6.07) is 18.2. The number of anilines is 2. The molecule has 2 N–H and O–H groups in total. The van der Waals surface area contributed by atoms with Crippen LogP contribution in [0.2, 0.25) is 0 Å². The van der Waals surface area contributed by atoms with Crippen LogP contribution in [0.5, 0.6) is 0 Å². The Hall–Kier alpha value is -3.74. The van der Waals surface area contributed by atoms with Gasteiger partial charge in [-0.2, -0.15) is 0 Å². The first-order valence-corrected chi connectivity index (χ1v) is 9.18. The van der Waals surface area contributed by atoms with Gasteiger partial charge < -0.3 is 15.4 Å². The fraction of sp³-hybridized carbons (Fsp3) is 0.182. The highest BCUT2D eigenvalue weighted by atomic mass is 16.5. The minimum Gasteiger partial charge on any atom is -0.465 e. The molecule has 7 heteroatoms. The molecule has 0 aliphatic carbocycles. The van der Waals surface area contributed by atoms with Gasteiger partial charge in [0.15, 0.2) is 0 Å². The van der Waals surface area contributed by atoms with Gasteiger partial charge in [-0.3, -0.25) is 4.79 Å². The third kappa shape index (κ3) is 5.62. The number of hydrogen-bond acceptors (Lipinski definition) is 6. The zero-order valence-corrected chi connectivity index (χ0v) is 16.3. The van der Waals surface area contributed by atoms with Gasteiger partial charge in [0, 0.05) is 17.9 Å². The number of carbonyl (C=O) groups excluding carboxylic acids is 2. The molecule has 0 saturated carbocycles. The van der Waals surface area contributed by atoms with E-state index >= 15 is 0 Å². The van der Waals surface area contributed by atoms with Crippen molar-refractivity contribution in [2.45, 2.75) is 13.3 Å². The van der Waals surface area contributed by atoms with E-state index in [-0.39, 0.29) is 11.6 Å². The first kappa shape index (κ1) is 20.0. The number of amides is 1. The van der Waals surface area contributed by atoms with Crippen molar-refractivity contribution in [3.05, 3.63) is 83.2 Å². The largest absolute Gasteiger partial charge is 0.465 e. The molecule has 7 nitrogen and oxygen atoms in total. The van der Waals surface area contributed by atoms with Crippen LogP contribution in [0, 0.1) is 6.92 Å². The monoisotopic (exact) mass is 390 g/mol. The zero-order valence-electron chi connectivity index (χ0n) is 16.3. The van der Waals surface area contributed by atoms with Gasteiger partial charge in [0.1, 0.15) is 5.69 Å². The molecule has 1 amide bonds. The molecule has 0 aliphatic rings. The summed E-state index contributed by atoms with van der Waals surface area (Å²) in [5.41, 5.74) is 3.12. The van der Waals surface area contributed by atoms with Crippen LogP contribution < -0.4 is 10.6 Å². The molecule has 0 unspecified atom stereocenters. The van der Waals surface area contributed by atoms with Gasteiger partial charge in [0.05, 0.1) is 12.7 Å². The molecule has 1 heterocycles. The Balaban J connectivity index is 1.63. The smallest absolute Gasteiger partial charge is 0.337 e. The lowest BCUT2D eigenvalue weighted by atomic mass is 10.1. The molecule has 0 bridgehead atoms. The highest BCUT2D eigenvalue weighted by molar-refractivity contribution is 6.03. The Morgan fingerprint density at radius 3 is 2.41 bits per heavy atom. The van der Waals surface area contributed by atoms with E-state index in [0.717, 1.165) is 6.42 Å². The van der Waals surface area contributed by atoms with E-state index in [1.165, 1.54) is 12.7 Å². The van der Waals surface area contributed by atoms with Gasteiger partial charge in [-0.15, -0.1) is 0 Å². The number of esters is 1. The Morgan fingerprint density at radius 1 is 1.00 bits per heavy atom. The second kappa shape index (κ2) is 9.45. The van der Waals surface area contributed by atoms with E-state index in [1.54, 1.807) is 30.3 Å². The fourth-order valence-corrected chi connectivity index (χ4v) is 2.73. The first-order chi connectivity index (χ1) is 14.0. The van der Waals surface area contributed by atoms with Crippen LogP contribution in [0.4, 0.5) is 11.6 Å². The minimum absolute atomic E-state index is 0.261. The maximum absolute atomic E-state index is 12.6. The SMILES string of the molecule is COC(=O)c1ccc(NC(=O)c2cc(C)nc(NCCc3ccccc3)n2)cc1. The number of nitrogens with one attached hydrogen (secondary N) is 2. The molecule has 0 spiro atoms. The molecule has 3 rings (SSSR count). The summed E-state index contributed by atoms with van der Waals surface area (Å²) >= 11 is 0. The summed E-state index contributed by atoms with van der Waals surface area (Å²) < 4.78 is 4.66. The molecule has 29 heavy (non-hydrogen) atoms. The number of benzene rings is 2. The molecule has 0 radical (unpaired) electrons. The minimum atomic E-state index is -0.430. The lowest BCUT2D eigenvalue weighted by Crippen LogP contribution is -2.17. The summed E-state index contributed by atoms with van der Waals surface area (Å²) in [5, 5.41) is 5.94. The number of rotatable bonds is 7. The standard InChI is InChI=1S/C22H22N4O3/c1-15-14-19(20(27)25-18-10-8-17(9-11-18)21(28)29-2)26-22(24-15)23-13-12-16-6-4-3-5-7-16/h3-11,14H,12-13H2,1-2H3,(H,25,27)(H,23,24,26). The number of carbonyl (C=O) groups is 2. The average Bonchev–Trinajstić information content (AvgIpc) is 2.74. The third-order valence-electron chi connectivity index (χ3n) is 4.19. The van der Waals surface area contributed by atoms with Gasteiger partial charge in [-0.25, -0.2) is 14.8 Å². The van der Waals surface area contributed by atoms with Crippen molar-refractivity contribution in [1.82, 2.24) is 9.97 Å². The topological polar surface area (TPSA) is 93.2 Å². The quantitative estimate of drug-likeness (QED) is 0.600. The molecule has 0 aliphatic heterocycles. The normalized spacial score (nSPS) is 10.3. The van der Waals surface area contributed by atoms with Crippen molar-refractivity contribution in [3.63, 3.8) is 0 Å². The van der Waals surface area contributed by atoms with Crippen molar-refractivity contribution < 1.29 is 14.3 Å². The third-order valence-corrected chi connectivity index (χ3v) is 4.19. The van der Waals surface area contributed by atoms with Crippen LogP contribution in [0.25, 0.3) is 0 Å². The molecule has 1 aromatic heterocycles. The van der Waals surface area contributed by atoms with Crippen molar-refractivity contribution in [3.8, 4) is 0 Å². The molecule has 2 aromatic carbocycles. The number of nitrogens with zero attached hydrogens (tertiary/aromatic N) is 2. The predicted molar refractivity (Wildman–Crippen MR) is 111 cm³/mol. The zero-order chi connectivity index (χ0) is 20.6. The fourth-order valence-electron chi connectivity index (χ4n) is 2.73. The predicted octanol–water partition coefficient (Wildman–Crippen LogP) is 3.48. The van der Waals surface area contributed by atoms with E-state index < -0.39 is 5.97 Å². The Morgan fingerprint density at radius 2 is 1.72 bits per heavy atom. The van der Waals surface area contributed by atoms with E-state index in [9.17, 15) is 9.59 Å². The van der Waals surface area contributed by atoms with Crippen LogP contribution in [0.15, 0.2) is 60.7 Å². The number of methoxy groups -OCH3 is 1. The Kier molecular flexibility index (Phi) is 6.52. The van der Waals surface area contributed by atoms with Gasteiger partial charge in [0.2, 0.25) is 5.95 Å². The van der Waals surface area contributed by atoms with Crippen molar-refractivity contribution >= 4 is 23.5 Å². The number of hydrogen-bond donors (Lipinski definition) is 2. The summed E-state index contributed by atoms with van der Waals surface area (Å²) in [5.74, 6) is -0.375. The van der Waals surface area contributed by atoms with E-state index in [1.807, 2.05) is 25.1 Å². The summed E-state index contributed by atoms with van der Waals surface area (Å²) in [4.78, 5) is 32.7. The van der Waals surface area contributed by atoms with Crippen LogP contribution in [-0.4, -0.2) is 35.5 Å². The Labute approximate surface area is 169 Å². The lowest BCUT2D eigenvalue weighted by molar-refractivity contribution is 0.0600. The molecular weight excluding hydrogens is 368 g/mol.